The first-order chi connectivity index (χ1) is 10.8. The predicted octanol–water partition coefficient (Wildman–Crippen LogP) is 1.16. The first kappa shape index (κ1) is 17.7. The molecule has 0 spiro atoms. The van der Waals surface area contributed by atoms with Crippen LogP contribution < -0.4 is 9.46 Å². The molecule has 0 saturated carbocycles. The number of amides is 1. The lowest BCUT2D eigenvalue weighted by molar-refractivity contribution is -0.135. The topological polar surface area (TPSA) is 75.7 Å². The van der Waals surface area contributed by atoms with Gasteiger partial charge in [0.15, 0.2) is 6.61 Å². The molecule has 1 aliphatic heterocycles. The number of benzene rings is 1. The summed E-state index contributed by atoms with van der Waals surface area (Å²) in [5, 5.41) is 0. The quantitative estimate of drug-likeness (QED) is 0.843. The van der Waals surface area contributed by atoms with E-state index in [4.69, 9.17) is 4.74 Å². The first-order valence-electron chi connectivity index (χ1n) is 7.75. The van der Waals surface area contributed by atoms with E-state index in [2.05, 4.69) is 4.72 Å². The van der Waals surface area contributed by atoms with Crippen molar-refractivity contribution in [3.8, 4) is 5.75 Å². The van der Waals surface area contributed by atoms with Crippen molar-refractivity contribution in [2.75, 3.05) is 32.5 Å². The van der Waals surface area contributed by atoms with Crippen LogP contribution in [0.1, 0.15) is 18.4 Å². The van der Waals surface area contributed by atoms with Crippen molar-refractivity contribution in [3.63, 3.8) is 0 Å². The molecule has 2 rings (SSSR count). The van der Waals surface area contributed by atoms with Crippen molar-refractivity contribution in [1.29, 1.82) is 0 Å². The highest BCUT2D eigenvalue weighted by Crippen LogP contribution is 2.17. The molecule has 0 aliphatic carbocycles. The number of likely N-dealkylation sites (tertiary alicyclic amines) is 1. The molecule has 1 heterocycles. The van der Waals surface area contributed by atoms with E-state index in [1.807, 2.05) is 31.2 Å². The van der Waals surface area contributed by atoms with Crippen molar-refractivity contribution < 1.29 is 17.9 Å². The maximum absolute atomic E-state index is 12.3. The number of piperidine rings is 1. The molecule has 7 heteroatoms. The van der Waals surface area contributed by atoms with Gasteiger partial charge in [-0.15, -0.1) is 0 Å². The Hall–Kier alpha value is -1.60. The zero-order valence-electron chi connectivity index (χ0n) is 13.6. The fourth-order valence-electron chi connectivity index (χ4n) is 2.67. The number of nitrogens with one attached hydrogen (secondary N) is 1. The van der Waals surface area contributed by atoms with E-state index in [1.54, 1.807) is 4.90 Å². The van der Waals surface area contributed by atoms with Crippen molar-refractivity contribution in [2.24, 2.45) is 5.92 Å². The summed E-state index contributed by atoms with van der Waals surface area (Å²) in [6.07, 6.45) is 2.95. The number of ether oxygens (including phenoxy) is 1. The molecule has 1 fully saturated rings. The summed E-state index contributed by atoms with van der Waals surface area (Å²) in [6, 6.07) is 7.58. The van der Waals surface area contributed by atoms with Crippen LogP contribution in [0.25, 0.3) is 0 Å². The summed E-state index contributed by atoms with van der Waals surface area (Å²) in [5.41, 5.74) is 1.08. The van der Waals surface area contributed by atoms with Gasteiger partial charge in [0.05, 0.1) is 6.26 Å². The maximum Gasteiger partial charge on any atom is 0.260 e. The molecular weight excluding hydrogens is 316 g/mol. The third-order valence-corrected chi connectivity index (χ3v) is 4.55. The molecule has 23 heavy (non-hydrogen) atoms. The van der Waals surface area contributed by atoms with Crippen LogP contribution >= 0.6 is 0 Å². The van der Waals surface area contributed by atoms with Gasteiger partial charge in [0.2, 0.25) is 10.0 Å². The van der Waals surface area contributed by atoms with Gasteiger partial charge >= 0.3 is 0 Å². The van der Waals surface area contributed by atoms with E-state index in [0.717, 1.165) is 24.7 Å². The molecule has 1 amide bonds. The molecule has 0 radical (unpaired) electrons. The Kier molecular flexibility index (Phi) is 6.01. The minimum absolute atomic E-state index is 0.00960. The number of aryl methyl sites for hydroxylation is 1. The molecule has 1 aliphatic rings. The monoisotopic (exact) mass is 340 g/mol. The second-order valence-electron chi connectivity index (χ2n) is 6.07. The van der Waals surface area contributed by atoms with E-state index in [-0.39, 0.29) is 18.4 Å². The minimum atomic E-state index is -3.19. The van der Waals surface area contributed by atoms with Crippen LogP contribution in [-0.4, -0.2) is 51.7 Å². The fraction of sp³-hybridized carbons (Fsp3) is 0.562. The zero-order valence-corrected chi connectivity index (χ0v) is 14.4. The van der Waals surface area contributed by atoms with E-state index in [0.29, 0.717) is 25.4 Å². The number of carbonyl (C=O) groups is 1. The lowest BCUT2D eigenvalue weighted by atomic mass is 9.98. The van der Waals surface area contributed by atoms with E-state index in [1.165, 1.54) is 0 Å². The van der Waals surface area contributed by atoms with Crippen LogP contribution in [0, 0.1) is 12.8 Å². The Morgan fingerprint density at radius 3 is 2.91 bits per heavy atom. The Labute approximate surface area is 137 Å². The van der Waals surface area contributed by atoms with Crippen molar-refractivity contribution in [1.82, 2.24) is 9.62 Å². The first-order valence-corrected chi connectivity index (χ1v) is 9.64. The van der Waals surface area contributed by atoms with Crippen molar-refractivity contribution in [3.05, 3.63) is 29.8 Å². The molecule has 128 valence electrons. The molecule has 1 aromatic carbocycles. The average molecular weight is 340 g/mol. The number of sulfonamides is 1. The van der Waals surface area contributed by atoms with Gasteiger partial charge in [-0.3, -0.25) is 4.79 Å². The van der Waals surface area contributed by atoms with Gasteiger partial charge < -0.3 is 9.64 Å². The van der Waals surface area contributed by atoms with E-state index < -0.39 is 10.0 Å². The summed E-state index contributed by atoms with van der Waals surface area (Å²) >= 11 is 0. The van der Waals surface area contributed by atoms with E-state index in [9.17, 15) is 13.2 Å². The summed E-state index contributed by atoms with van der Waals surface area (Å²) in [5.74, 6) is 0.780. The van der Waals surface area contributed by atoms with Crippen LogP contribution in [0.4, 0.5) is 0 Å². The molecule has 0 unspecified atom stereocenters. The highest BCUT2D eigenvalue weighted by atomic mass is 32.2. The van der Waals surface area contributed by atoms with Crippen LogP contribution in [0.3, 0.4) is 0 Å². The molecule has 1 atom stereocenters. The standard InChI is InChI=1S/C16H24N2O4S/c1-13-5-3-7-15(9-13)22-12-16(19)18-8-4-6-14(11-18)10-17-23(2,20)21/h3,5,7,9,14,17H,4,6,8,10-12H2,1-2H3/t14-/m1/s1. The Morgan fingerprint density at radius 2 is 2.22 bits per heavy atom. The number of hydrogen-bond acceptors (Lipinski definition) is 4. The van der Waals surface area contributed by atoms with Crippen LogP contribution in [0.2, 0.25) is 0 Å². The molecule has 6 nitrogen and oxygen atoms in total. The number of nitrogens with zero attached hydrogens (tertiary/aromatic N) is 1. The smallest absolute Gasteiger partial charge is 0.260 e. The molecular formula is C16H24N2O4S. The molecule has 0 aromatic heterocycles. The summed E-state index contributed by atoms with van der Waals surface area (Å²) < 4.78 is 30.4. The summed E-state index contributed by atoms with van der Waals surface area (Å²) in [4.78, 5) is 14.0. The minimum Gasteiger partial charge on any atom is -0.484 e. The number of carbonyl (C=O) groups excluding carboxylic acids is 1. The van der Waals surface area contributed by atoms with Gasteiger partial charge in [0.25, 0.3) is 5.91 Å². The lowest BCUT2D eigenvalue weighted by Gasteiger charge is -2.32. The zero-order chi connectivity index (χ0) is 16.9. The lowest BCUT2D eigenvalue weighted by Crippen LogP contribution is -2.45. The van der Waals surface area contributed by atoms with Gasteiger partial charge in [-0.25, -0.2) is 13.1 Å². The van der Waals surface area contributed by atoms with Gasteiger partial charge in [0, 0.05) is 19.6 Å². The van der Waals surface area contributed by atoms with Gasteiger partial charge in [-0.1, -0.05) is 12.1 Å². The maximum atomic E-state index is 12.3. The van der Waals surface area contributed by atoms with Crippen LogP contribution in [0.15, 0.2) is 24.3 Å². The van der Waals surface area contributed by atoms with Gasteiger partial charge in [-0.2, -0.15) is 0 Å². The fourth-order valence-corrected chi connectivity index (χ4v) is 3.21. The van der Waals surface area contributed by atoms with Crippen LogP contribution in [0.5, 0.6) is 5.75 Å². The normalized spacial score (nSPS) is 18.7. The average Bonchev–Trinajstić information content (AvgIpc) is 2.50. The summed E-state index contributed by atoms with van der Waals surface area (Å²) in [6.45, 7) is 3.62. The largest absolute Gasteiger partial charge is 0.484 e. The number of hydrogen-bond donors (Lipinski definition) is 1. The predicted molar refractivity (Wildman–Crippen MR) is 88.8 cm³/mol. The van der Waals surface area contributed by atoms with Gasteiger partial charge in [0.1, 0.15) is 5.75 Å². The number of rotatable bonds is 6. The highest BCUT2D eigenvalue weighted by molar-refractivity contribution is 7.88. The molecule has 1 N–H and O–H groups in total. The van der Waals surface area contributed by atoms with Crippen molar-refractivity contribution >= 4 is 15.9 Å². The second kappa shape index (κ2) is 7.79. The second-order valence-corrected chi connectivity index (χ2v) is 7.91. The Morgan fingerprint density at radius 1 is 1.43 bits per heavy atom. The summed E-state index contributed by atoms with van der Waals surface area (Å²) in [7, 11) is -3.19. The SMILES string of the molecule is Cc1cccc(OCC(=O)N2CCC[C@H](CNS(C)(=O)=O)C2)c1. The highest BCUT2D eigenvalue weighted by Gasteiger charge is 2.24. The molecule has 0 bridgehead atoms. The Bertz CT molecular complexity index is 645. The van der Waals surface area contributed by atoms with E-state index >= 15 is 0 Å². The molecule has 1 aromatic rings. The van der Waals surface area contributed by atoms with Crippen molar-refractivity contribution in [2.45, 2.75) is 19.8 Å². The molecule has 1 saturated heterocycles. The van der Waals surface area contributed by atoms with Crippen LogP contribution in [-0.2, 0) is 14.8 Å². The third kappa shape index (κ3) is 6.19. The van der Waals surface area contributed by atoms with Gasteiger partial charge in [-0.05, 0) is 43.4 Å². The third-order valence-electron chi connectivity index (χ3n) is 3.86. The Balaban J connectivity index is 1.82.